The van der Waals surface area contributed by atoms with Crippen molar-refractivity contribution in [3.63, 3.8) is 0 Å². The lowest BCUT2D eigenvalue weighted by Gasteiger charge is -2.33. The second kappa shape index (κ2) is 16.6. The maximum Gasteiger partial charge on any atom is 0.119 e. The minimum absolute atomic E-state index is 0.705. The molecule has 1 saturated carbocycles. The molecule has 0 bridgehead atoms. The van der Waals surface area contributed by atoms with Crippen LogP contribution in [0.15, 0.2) is 70.5 Å². The number of hydrogen-bond donors (Lipinski definition) is 0. The lowest BCUT2D eigenvalue weighted by atomic mass is 9.80. The maximum atomic E-state index is 5.93. The Bertz CT molecular complexity index is 1550. The molecule has 4 aromatic rings. The summed E-state index contributed by atoms with van der Waals surface area (Å²) in [5, 5.41) is 1.44. The molecule has 1 fully saturated rings. The maximum absolute atomic E-state index is 5.93. The molecule has 0 saturated heterocycles. The van der Waals surface area contributed by atoms with Crippen LogP contribution in [-0.2, 0) is 0 Å². The highest BCUT2D eigenvalue weighted by Gasteiger charge is 2.48. The molecule has 7 rings (SSSR count). The van der Waals surface area contributed by atoms with Crippen LogP contribution in [0.2, 0.25) is 0 Å². The van der Waals surface area contributed by atoms with Gasteiger partial charge in [0.1, 0.15) is 11.5 Å². The average molecular weight is 713 g/mol. The van der Waals surface area contributed by atoms with Gasteiger partial charge in [-0.25, -0.2) is 0 Å². The molecule has 4 atom stereocenters. The Morgan fingerprint density at radius 3 is 1.42 bits per heavy atom. The summed E-state index contributed by atoms with van der Waals surface area (Å²) in [5.74, 6) is 3.36. The van der Waals surface area contributed by atoms with Crippen molar-refractivity contribution in [3.8, 4) is 11.5 Å². The van der Waals surface area contributed by atoms with Crippen LogP contribution in [-0.4, -0.2) is 23.7 Å². The summed E-state index contributed by atoms with van der Waals surface area (Å²) in [6.45, 7) is 6.11. The van der Waals surface area contributed by atoms with E-state index in [0.717, 1.165) is 48.1 Å². The Morgan fingerprint density at radius 1 is 0.562 bits per heavy atom. The standard InChI is InChI=1S/C42H48O2S4/c1-3-5-7-9-23-43-31-17-11-29(12-18-31)15-21-33-25-39-41(45-33)35-27-38-36(28-37(35)47-39)42-40(48-38)26-34(46-42)22-16-30-13-19-32(20-14-30)44-24-10-8-6-4-2/h11-22,25-26,35-38H,3-10,23-24,27-28H2,1-2H3/b21-15+,22-16+. The number of rotatable bonds is 16. The summed E-state index contributed by atoms with van der Waals surface area (Å²) in [4.78, 5) is 9.11. The second-order valence-corrected chi connectivity index (χ2v) is 18.2. The quantitative estimate of drug-likeness (QED) is 0.108. The van der Waals surface area contributed by atoms with Gasteiger partial charge in [0.15, 0.2) is 0 Å². The summed E-state index contributed by atoms with van der Waals surface area (Å²) >= 11 is 8.36. The molecule has 4 heterocycles. The number of benzene rings is 2. The minimum Gasteiger partial charge on any atom is -0.494 e. The van der Waals surface area contributed by atoms with Gasteiger partial charge in [-0.1, -0.05) is 88.8 Å². The molecule has 252 valence electrons. The van der Waals surface area contributed by atoms with E-state index in [1.807, 2.05) is 22.7 Å². The molecule has 0 radical (unpaired) electrons. The number of fused-ring (bicyclic) bond motifs is 6. The number of hydrogen-bond acceptors (Lipinski definition) is 6. The predicted octanol–water partition coefficient (Wildman–Crippen LogP) is 13.7. The van der Waals surface area contributed by atoms with Crippen LogP contribution in [0.4, 0.5) is 0 Å². The number of ether oxygens (including phenoxy) is 2. The van der Waals surface area contributed by atoms with Crippen molar-refractivity contribution in [2.75, 3.05) is 13.2 Å². The van der Waals surface area contributed by atoms with E-state index in [9.17, 15) is 0 Å². The topological polar surface area (TPSA) is 18.5 Å². The highest BCUT2D eigenvalue weighted by atomic mass is 32.2. The van der Waals surface area contributed by atoms with Crippen LogP contribution in [0.1, 0.15) is 121 Å². The van der Waals surface area contributed by atoms with Crippen molar-refractivity contribution in [2.24, 2.45) is 0 Å². The van der Waals surface area contributed by atoms with E-state index in [0.29, 0.717) is 11.8 Å². The third kappa shape index (κ3) is 8.31. The fourth-order valence-corrected chi connectivity index (χ4v) is 13.2. The van der Waals surface area contributed by atoms with Crippen LogP contribution >= 0.6 is 46.2 Å². The Hall–Kier alpha value is -2.38. The molecule has 0 spiro atoms. The van der Waals surface area contributed by atoms with Crippen LogP contribution in [0, 0.1) is 0 Å². The molecule has 3 aliphatic rings. The number of unbranched alkanes of at least 4 members (excludes halogenated alkanes) is 6. The van der Waals surface area contributed by atoms with E-state index >= 15 is 0 Å². The van der Waals surface area contributed by atoms with E-state index < -0.39 is 0 Å². The van der Waals surface area contributed by atoms with Crippen molar-refractivity contribution in [1.29, 1.82) is 0 Å². The van der Waals surface area contributed by atoms with Crippen molar-refractivity contribution < 1.29 is 9.47 Å². The van der Waals surface area contributed by atoms with E-state index in [2.05, 4.69) is 122 Å². The van der Waals surface area contributed by atoms with Gasteiger partial charge in [-0.2, -0.15) is 0 Å². The van der Waals surface area contributed by atoms with Gasteiger partial charge in [0, 0.05) is 51.6 Å². The van der Waals surface area contributed by atoms with Crippen LogP contribution in [0.25, 0.3) is 24.3 Å². The van der Waals surface area contributed by atoms with E-state index in [1.54, 1.807) is 9.75 Å². The highest BCUT2D eigenvalue weighted by Crippen LogP contribution is 2.63. The third-order valence-corrected chi connectivity index (χ3v) is 15.3. The first-order chi connectivity index (χ1) is 23.7. The molecule has 4 unspecified atom stereocenters. The Morgan fingerprint density at radius 2 is 1.00 bits per heavy atom. The van der Waals surface area contributed by atoms with Crippen LogP contribution < -0.4 is 9.47 Å². The van der Waals surface area contributed by atoms with E-state index in [4.69, 9.17) is 9.47 Å². The van der Waals surface area contributed by atoms with Crippen LogP contribution in [0.3, 0.4) is 0 Å². The molecular formula is C42H48O2S4. The molecule has 48 heavy (non-hydrogen) atoms. The molecule has 2 nitrogen and oxygen atoms in total. The second-order valence-electron chi connectivity index (χ2n) is 13.4. The summed E-state index contributed by atoms with van der Waals surface area (Å²) in [6.07, 6.45) is 21.6. The first kappa shape index (κ1) is 34.1. The Kier molecular flexibility index (Phi) is 11.8. The minimum atomic E-state index is 0.705. The first-order valence-corrected chi connectivity index (χ1v) is 21.5. The molecule has 2 aromatic carbocycles. The lowest BCUT2D eigenvalue weighted by Crippen LogP contribution is -2.28. The summed E-state index contributed by atoms with van der Waals surface area (Å²) in [6, 6.07) is 22.0. The molecule has 6 heteroatoms. The van der Waals surface area contributed by atoms with Gasteiger partial charge in [0.2, 0.25) is 0 Å². The van der Waals surface area contributed by atoms with E-state index in [-0.39, 0.29) is 0 Å². The van der Waals surface area contributed by atoms with Crippen molar-refractivity contribution in [3.05, 3.63) is 91.3 Å². The van der Waals surface area contributed by atoms with Gasteiger partial charge in [-0.3, -0.25) is 0 Å². The molecular weight excluding hydrogens is 665 g/mol. The third-order valence-electron chi connectivity index (χ3n) is 9.76. The monoisotopic (exact) mass is 712 g/mol. The number of thioether (sulfide) groups is 2. The zero-order valence-corrected chi connectivity index (χ0v) is 31.6. The van der Waals surface area contributed by atoms with Crippen LogP contribution in [0.5, 0.6) is 11.5 Å². The highest BCUT2D eigenvalue weighted by molar-refractivity contribution is 8.01. The molecule has 0 amide bonds. The fourth-order valence-electron chi connectivity index (χ4n) is 7.10. The Balaban J connectivity index is 0.906. The van der Waals surface area contributed by atoms with Crippen molar-refractivity contribution in [1.82, 2.24) is 0 Å². The largest absolute Gasteiger partial charge is 0.494 e. The Labute approximate surface area is 304 Å². The predicted molar refractivity (Wildman–Crippen MR) is 213 cm³/mol. The SMILES string of the molecule is CCCCCCOc1ccc(/C=C/c2cc3c(s2)C2CC4Sc5cc(/C=C/c6ccc(OCCCCCC)cc6)sc5C4CC2S3)cc1. The summed E-state index contributed by atoms with van der Waals surface area (Å²) in [7, 11) is 0. The summed E-state index contributed by atoms with van der Waals surface area (Å²) in [5.41, 5.74) is 2.46. The van der Waals surface area contributed by atoms with Gasteiger partial charge in [-0.05, 0) is 85.4 Å². The van der Waals surface area contributed by atoms with Crippen molar-refractivity contribution >= 4 is 70.5 Å². The first-order valence-electron chi connectivity index (χ1n) is 18.1. The van der Waals surface area contributed by atoms with Gasteiger partial charge in [0.05, 0.1) is 13.2 Å². The normalized spacial score (nSPS) is 21.0. The van der Waals surface area contributed by atoms with E-state index in [1.165, 1.54) is 82.0 Å². The van der Waals surface area contributed by atoms with Gasteiger partial charge in [-0.15, -0.1) is 46.2 Å². The summed E-state index contributed by atoms with van der Waals surface area (Å²) < 4.78 is 11.9. The van der Waals surface area contributed by atoms with Gasteiger partial charge in [0.25, 0.3) is 0 Å². The zero-order chi connectivity index (χ0) is 32.7. The lowest BCUT2D eigenvalue weighted by molar-refractivity contribution is 0.305. The molecule has 2 aromatic heterocycles. The molecule has 2 aliphatic heterocycles. The van der Waals surface area contributed by atoms with Gasteiger partial charge < -0.3 is 9.47 Å². The molecule has 0 N–H and O–H groups in total. The zero-order valence-electron chi connectivity index (χ0n) is 28.3. The fraction of sp³-hybridized carbons (Fsp3) is 0.429. The smallest absolute Gasteiger partial charge is 0.119 e. The average Bonchev–Trinajstić information content (AvgIpc) is 3.86. The van der Waals surface area contributed by atoms with Gasteiger partial charge >= 0.3 is 0 Å². The molecule has 1 aliphatic carbocycles. The van der Waals surface area contributed by atoms with Crippen molar-refractivity contribution in [2.45, 2.75) is 110 Å². The number of thiophene rings is 2.